The Bertz CT molecular complexity index is 1360. The second-order valence-electron chi connectivity index (χ2n) is 12.7. The van der Waals surface area contributed by atoms with Gasteiger partial charge in [-0.05, 0) is 78.8 Å². The third-order valence-corrected chi connectivity index (χ3v) is 10.3. The fourth-order valence-corrected chi connectivity index (χ4v) is 7.84. The third-order valence-electron chi connectivity index (χ3n) is 10.1. The normalized spacial score (nSPS) is 21.1. The molecule has 2 aliphatic heterocycles. The minimum absolute atomic E-state index is 0.00157. The van der Waals surface area contributed by atoms with Crippen LogP contribution in [-0.2, 0) is 29.0 Å². The zero-order chi connectivity index (χ0) is 29.6. The smallest absolute Gasteiger partial charge is 0.245 e. The molecule has 6 rings (SSSR count). The van der Waals surface area contributed by atoms with Crippen LogP contribution in [0.3, 0.4) is 0 Å². The van der Waals surface area contributed by atoms with Gasteiger partial charge >= 0.3 is 0 Å². The number of benzene rings is 2. The lowest BCUT2D eigenvalue weighted by molar-refractivity contribution is -0.139. The van der Waals surface area contributed by atoms with Gasteiger partial charge in [0.15, 0.2) is 0 Å². The minimum Gasteiger partial charge on any atom is -0.344 e. The van der Waals surface area contributed by atoms with Crippen molar-refractivity contribution >= 4 is 23.4 Å². The standard InChI is InChI=1S/C34H43ClN6O2/c35-28-12-10-25(11-13-28)20-31(39-32(42)21-30-29-9-5-4-6-26(29)14-17-37-30)33(43)40-18-15-34(16-19-40,22-41-24-36-23-38-41)27-7-2-1-3-8-27/h4-6,9-13,23-24,27,30-31,37H,1-3,7-8,14-22H2,(H,39,42)/t30-,31-/m1/s1. The first-order valence-corrected chi connectivity index (χ1v) is 16.3. The van der Waals surface area contributed by atoms with Crippen LogP contribution in [0.4, 0.5) is 0 Å². The van der Waals surface area contributed by atoms with E-state index in [9.17, 15) is 9.59 Å². The quantitative estimate of drug-likeness (QED) is 0.354. The summed E-state index contributed by atoms with van der Waals surface area (Å²) in [5, 5.41) is 11.8. The molecule has 0 unspecified atom stereocenters. The molecule has 2 aromatic carbocycles. The topological polar surface area (TPSA) is 92.2 Å². The van der Waals surface area contributed by atoms with E-state index in [1.165, 1.54) is 43.2 Å². The molecule has 1 aliphatic carbocycles. The number of piperidine rings is 1. The van der Waals surface area contributed by atoms with Crippen molar-refractivity contribution in [2.45, 2.75) is 82.8 Å². The molecular weight excluding hydrogens is 560 g/mol. The maximum atomic E-state index is 14.1. The number of amides is 2. The fourth-order valence-electron chi connectivity index (χ4n) is 7.71. The van der Waals surface area contributed by atoms with Gasteiger partial charge in [-0.3, -0.25) is 14.3 Å². The Kier molecular flexibility index (Phi) is 9.43. The molecule has 43 heavy (non-hydrogen) atoms. The summed E-state index contributed by atoms with van der Waals surface area (Å²) in [7, 11) is 0. The molecule has 0 bridgehead atoms. The highest BCUT2D eigenvalue weighted by Crippen LogP contribution is 2.47. The number of rotatable bonds is 9. The Morgan fingerprint density at radius 3 is 2.56 bits per heavy atom. The van der Waals surface area contributed by atoms with Crippen LogP contribution in [0.15, 0.2) is 61.2 Å². The van der Waals surface area contributed by atoms with E-state index in [0.717, 1.165) is 37.9 Å². The molecule has 2 amide bonds. The van der Waals surface area contributed by atoms with Gasteiger partial charge in [-0.25, -0.2) is 4.98 Å². The lowest BCUT2D eigenvalue weighted by atomic mass is 9.63. The van der Waals surface area contributed by atoms with Crippen LogP contribution in [0, 0.1) is 11.3 Å². The lowest BCUT2D eigenvalue weighted by Gasteiger charge is -2.48. The van der Waals surface area contributed by atoms with E-state index in [-0.39, 0.29) is 23.3 Å². The predicted octanol–water partition coefficient (Wildman–Crippen LogP) is 5.13. The number of aromatic nitrogens is 3. The van der Waals surface area contributed by atoms with E-state index in [1.807, 2.05) is 46.2 Å². The van der Waals surface area contributed by atoms with E-state index in [0.29, 0.717) is 36.9 Å². The maximum Gasteiger partial charge on any atom is 0.245 e. The number of halogens is 1. The first kappa shape index (κ1) is 29.8. The summed E-state index contributed by atoms with van der Waals surface area (Å²) >= 11 is 6.15. The molecule has 3 heterocycles. The van der Waals surface area contributed by atoms with Crippen molar-refractivity contribution in [3.63, 3.8) is 0 Å². The summed E-state index contributed by atoms with van der Waals surface area (Å²) in [4.78, 5) is 33.8. The van der Waals surface area contributed by atoms with Gasteiger partial charge in [0.2, 0.25) is 11.8 Å². The van der Waals surface area contributed by atoms with Gasteiger partial charge in [-0.15, -0.1) is 0 Å². The van der Waals surface area contributed by atoms with Gasteiger partial charge < -0.3 is 15.5 Å². The van der Waals surface area contributed by atoms with Crippen LogP contribution in [0.2, 0.25) is 5.02 Å². The zero-order valence-corrected chi connectivity index (χ0v) is 25.6. The van der Waals surface area contributed by atoms with Crippen molar-refractivity contribution in [3.05, 3.63) is 82.9 Å². The maximum absolute atomic E-state index is 14.1. The van der Waals surface area contributed by atoms with Crippen molar-refractivity contribution in [1.82, 2.24) is 30.3 Å². The van der Waals surface area contributed by atoms with Crippen molar-refractivity contribution in [1.29, 1.82) is 0 Å². The molecule has 8 nitrogen and oxygen atoms in total. The molecule has 3 aromatic rings. The Hall–Kier alpha value is -3.23. The Labute approximate surface area is 259 Å². The van der Waals surface area contributed by atoms with Crippen LogP contribution >= 0.6 is 11.6 Å². The van der Waals surface area contributed by atoms with E-state index >= 15 is 0 Å². The molecule has 1 aromatic heterocycles. The van der Waals surface area contributed by atoms with E-state index in [1.54, 1.807) is 6.33 Å². The molecule has 9 heteroatoms. The number of hydrogen-bond acceptors (Lipinski definition) is 5. The number of nitrogens with zero attached hydrogens (tertiary/aromatic N) is 4. The van der Waals surface area contributed by atoms with Gasteiger partial charge in [-0.2, -0.15) is 5.10 Å². The summed E-state index contributed by atoms with van der Waals surface area (Å²) in [5.74, 6) is 0.526. The van der Waals surface area contributed by atoms with Crippen LogP contribution in [0.5, 0.6) is 0 Å². The second kappa shape index (κ2) is 13.6. The van der Waals surface area contributed by atoms with E-state index in [2.05, 4.69) is 38.9 Å². The molecule has 228 valence electrons. The lowest BCUT2D eigenvalue weighted by Crippen LogP contribution is -2.55. The van der Waals surface area contributed by atoms with Gasteiger partial charge in [0.25, 0.3) is 0 Å². The van der Waals surface area contributed by atoms with E-state index in [4.69, 9.17) is 11.6 Å². The minimum atomic E-state index is -0.634. The van der Waals surface area contributed by atoms with Gasteiger partial charge in [0, 0.05) is 43.5 Å². The molecule has 1 saturated heterocycles. The number of likely N-dealkylation sites (tertiary alicyclic amines) is 1. The van der Waals surface area contributed by atoms with Crippen LogP contribution in [-0.4, -0.2) is 57.2 Å². The van der Waals surface area contributed by atoms with Crippen LogP contribution in [0.25, 0.3) is 0 Å². The summed E-state index contributed by atoms with van der Waals surface area (Å²) in [6.07, 6.45) is 13.4. The van der Waals surface area contributed by atoms with Gasteiger partial charge in [0.05, 0.1) is 0 Å². The first-order chi connectivity index (χ1) is 21.0. The number of hydrogen-bond donors (Lipinski definition) is 2. The average Bonchev–Trinajstić information content (AvgIpc) is 3.55. The Balaban J connectivity index is 1.16. The second-order valence-corrected chi connectivity index (χ2v) is 13.2. The SMILES string of the molecule is O=C(C[C@H]1NCCc2ccccc21)N[C@H](Cc1ccc(Cl)cc1)C(=O)N1CCC(Cn2cncn2)(C2CCCCC2)CC1. The Morgan fingerprint density at radius 1 is 1.05 bits per heavy atom. The van der Waals surface area contributed by atoms with Gasteiger partial charge in [-0.1, -0.05) is 67.3 Å². The highest BCUT2D eigenvalue weighted by molar-refractivity contribution is 6.30. The summed E-state index contributed by atoms with van der Waals surface area (Å²) in [6, 6.07) is 15.2. The van der Waals surface area contributed by atoms with Crippen molar-refractivity contribution in [2.75, 3.05) is 19.6 Å². The van der Waals surface area contributed by atoms with Gasteiger partial charge in [0.1, 0.15) is 18.7 Å². The summed E-state index contributed by atoms with van der Waals surface area (Å²) < 4.78 is 1.98. The molecule has 2 fully saturated rings. The Morgan fingerprint density at radius 2 is 1.81 bits per heavy atom. The van der Waals surface area contributed by atoms with Crippen molar-refractivity contribution in [2.24, 2.45) is 11.3 Å². The van der Waals surface area contributed by atoms with Crippen LogP contribution < -0.4 is 10.6 Å². The molecule has 0 radical (unpaired) electrons. The first-order valence-electron chi connectivity index (χ1n) is 16.0. The highest BCUT2D eigenvalue weighted by atomic mass is 35.5. The zero-order valence-electron chi connectivity index (χ0n) is 24.9. The predicted molar refractivity (Wildman–Crippen MR) is 167 cm³/mol. The number of carbonyl (C=O) groups excluding carboxylic acids is 2. The molecule has 3 aliphatic rings. The number of nitrogens with one attached hydrogen (secondary N) is 2. The molecule has 0 spiro atoms. The monoisotopic (exact) mass is 602 g/mol. The highest BCUT2D eigenvalue weighted by Gasteiger charge is 2.44. The summed E-state index contributed by atoms with van der Waals surface area (Å²) in [5.41, 5.74) is 3.55. The van der Waals surface area contributed by atoms with Crippen molar-refractivity contribution < 1.29 is 9.59 Å². The van der Waals surface area contributed by atoms with Crippen LogP contribution in [0.1, 0.15) is 74.1 Å². The number of fused-ring (bicyclic) bond motifs is 1. The van der Waals surface area contributed by atoms with Crippen molar-refractivity contribution in [3.8, 4) is 0 Å². The number of carbonyl (C=O) groups is 2. The third kappa shape index (κ3) is 7.13. The van der Waals surface area contributed by atoms with E-state index < -0.39 is 6.04 Å². The fraction of sp³-hybridized carbons (Fsp3) is 0.529. The largest absolute Gasteiger partial charge is 0.344 e. The average molecular weight is 603 g/mol. The molecular formula is C34H43ClN6O2. The molecule has 2 N–H and O–H groups in total. The molecule has 2 atom stereocenters. The molecule has 1 saturated carbocycles. The summed E-state index contributed by atoms with van der Waals surface area (Å²) in [6.45, 7) is 3.07.